The molecule has 0 unspecified atom stereocenters. The number of aryl methyl sites for hydroxylation is 2. The molecule has 0 fully saturated rings. The normalized spacial score (nSPS) is 10.3. The number of hydrogen-bond donors (Lipinski definition) is 2. The maximum Gasteiger partial charge on any atom is 0.251 e. The van der Waals surface area contributed by atoms with Crippen LogP contribution < -0.4 is 10.6 Å². The number of carbonyl (C=O) groups is 1. The van der Waals surface area contributed by atoms with Crippen LogP contribution in [0.1, 0.15) is 21.6 Å². The number of amides is 1. The van der Waals surface area contributed by atoms with Gasteiger partial charge in [-0.05, 0) is 24.6 Å². The number of nitrogens with zero attached hydrogens (tertiary/aromatic N) is 3. The van der Waals surface area contributed by atoms with E-state index in [1.54, 1.807) is 17.9 Å². The fourth-order valence-corrected chi connectivity index (χ4v) is 1.75. The van der Waals surface area contributed by atoms with Crippen molar-refractivity contribution in [2.45, 2.75) is 13.5 Å². The first-order valence-electron chi connectivity index (χ1n) is 6.02. The number of benzene rings is 1. The Balaban J connectivity index is 2.15. The van der Waals surface area contributed by atoms with Crippen LogP contribution in [0.2, 0.25) is 0 Å². The van der Waals surface area contributed by atoms with Gasteiger partial charge in [0.25, 0.3) is 5.91 Å². The Morgan fingerprint density at radius 3 is 2.84 bits per heavy atom. The minimum Gasteiger partial charge on any atom is -0.379 e. The van der Waals surface area contributed by atoms with Crippen molar-refractivity contribution in [3.63, 3.8) is 0 Å². The molecule has 1 aromatic carbocycles. The lowest BCUT2D eigenvalue weighted by Crippen LogP contribution is -2.18. The Morgan fingerprint density at radius 2 is 2.21 bits per heavy atom. The van der Waals surface area contributed by atoms with Crippen LogP contribution in [-0.2, 0) is 13.6 Å². The van der Waals surface area contributed by atoms with Crippen molar-refractivity contribution >= 4 is 11.6 Å². The molecule has 6 heteroatoms. The number of aromatic nitrogens is 3. The van der Waals surface area contributed by atoms with Crippen molar-refractivity contribution in [2.24, 2.45) is 7.05 Å². The van der Waals surface area contributed by atoms with Gasteiger partial charge in [-0.25, -0.2) is 0 Å². The van der Waals surface area contributed by atoms with E-state index < -0.39 is 0 Å². The summed E-state index contributed by atoms with van der Waals surface area (Å²) in [5.74, 6) is -0.0924. The Kier molecular flexibility index (Phi) is 3.79. The molecular formula is C13H17N5O. The SMILES string of the molecule is CNC(=O)c1ccc(C)c(NCc2cnnn2C)c1. The molecule has 2 rings (SSSR count). The third kappa shape index (κ3) is 2.90. The van der Waals surface area contributed by atoms with E-state index in [1.165, 1.54) is 0 Å². The number of rotatable bonds is 4. The van der Waals surface area contributed by atoms with Gasteiger partial charge in [0.15, 0.2) is 0 Å². The molecule has 0 aliphatic heterocycles. The van der Waals surface area contributed by atoms with Crippen LogP contribution in [0.5, 0.6) is 0 Å². The third-order valence-corrected chi connectivity index (χ3v) is 2.99. The second-order valence-corrected chi connectivity index (χ2v) is 4.31. The van der Waals surface area contributed by atoms with Gasteiger partial charge in [0.1, 0.15) is 0 Å². The van der Waals surface area contributed by atoms with Crippen LogP contribution in [-0.4, -0.2) is 27.9 Å². The highest BCUT2D eigenvalue weighted by Gasteiger charge is 2.07. The van der Waals surface area contributed by atoms with E-state index in [-0.39, 0.29) is 5.91 Å². The van der Waals surface area contributed by atoms with Crippen molar-refractivity contribution in [3.05, 3.63) is 41.2 Å². The highest BCUT2D eigenvalue weighted by atomic mass is 16.1. The lowest BCUT2D eigenvalue weighted by atomic mass is 10.1. The minimum absolute atomic E-state index is 0.0924. The van der Waals surface area contributed by atoms with Crippen molar-refractivity contribution in [2.75, 3.05) is 12.4 Å². The molecular weight excluding hydrogens is 242 g/mol. The van der Waals surface area contributed by atoms with E-state index in [2.05, 4.69) is 20.9 Å². The van der Waals surface area contributed by atoms with Crippen LogP contribution in [0.15, 0.2) is 24.4 Å². The van der Waals surface area contributed by atoms with Gasteiger partial charge >= 0.3 is 0 Å². The first-order valence-corrected chi connectivity index (χ1v) is 6.02. The summed E-state index contributed by atoms with van der Waals surface area (Å²) in [6.45, 7) is 2.61. The van der Waals surface area contributed by atoms with Gasteiger partial charge in [-0.2, -0.15) is 0 Å². The smallest absolute Gasteiger partial charge is 0.251 e. The predicted molar refractivity (Wildman–Crippen MR) is 72.9 cm³/mol. The number of nitrogens with one attached hydrogen (secondary N) is 2. The molecule has 100 valence electrons. The summed E-state index contributed by atoms with van der Waals surface area (Å²) in [5, 5.41) is 13.6. The van der Waals surface area contributed by atoms with Gasteiger partial charge in [-0.3, -0.25) is 9.48 Å². The van der Waals surface area contributed by atoms with Crippen LogP contribution in [0, 0.1) is 6.92 Å². The van der Waals surface area contributed by atoms with Crippen LogP contribution in [0.25, 0.3) is 0 Å². The number of hydrogen-bond acceptors (Lipinski definition) is 4. The Labute approximate surface area is 111 Å². The Hall–Kier alpha value is -2.37. The minimum atomic E-state index is -0.0924. The van der Waals surface area contributed by atoms with Crippen molar-refractivity contribution in [1.82, 2.24) is 20.3 Å². The molecule has 0 aliphatic rings. The Morgan fingerprint density at radius 1 is 1.42 bits per heavy atom. The van der Waals surface area contributed by atoms with Crippen LogP contribution in [0.4, 0.5) is 5.69 Å². The van der Waals surface area contributed by atoms with E-state index in [1.807, 2.05) is 32.2 Å². The molecule has 19 heavy (non-hydrogen) atoms. The van der Waals surface area contributed by atoms with Crippen molar-refractivity contribution in [3.8, 4) is 0 Å². The summed E-state index contributed by atoms with van der Waals surface area (Å²) < 4.78 is 1.71. The van der Waals surface area contributed by atoms with Gasteiger partial charge in [0, 0.05) is 25.3 Å². The standard InChI is InChI=1S/C13H17N5O/c1-9-4-5-10(13(19)14-2)6-12(9)15-7-11-8-16-17-18(11)3/h4-6,8,15H,7H2,1-3H3,(H,14,19). The monoisotopic (exact) mass is 259 g/mol. The van der Waals surface area contributed by atoms with Gasteiger partial charge < -0.3 is 10.6 Å². The summed E-state index contributed by atoms with van der Waals surface area (Å²) in [5.41, 5.74) is 3.63. The van der Waals surface area contributed by atoms with Gasteiger partial charge in [-0.15, -0.1) is 5.10 Å². The fraction of sp³-hybridized carbons (Fsp3) is 0.308. The van der Waals surface area contributed by atoms with E-state index in [9.17, 15) is 4.79 Å². The maximum atomic E-state index is 11.6. The quantitative estimate of drug-likeness (QED) is 0.862. The zero-order valence-electron chi connectivity index (χ0n) is 11.3. The molecule has 0 atom stereocenters. The number of carbonyl (C=O) groups excluding carboxylic acids is 1. The third-order valence-electron chi connectivity index (χ3n) is 2.99. The molecule has 0 bridgehead atoms. The highest BCUT2D eigenvalue weighted by molar-refractivity contribution is 5.95. The molecule has 1 amide bonds. The Bertz CT molecular complexity index is 590. The summed E-state index contributed by atoms with van der Waals surface area (Å²) in [7, 11) is 3.47. The molecule has 6 nitrogen and oxygen atoms in total. The van der Waals surface area contributed by atoms with E-state index in [0.29, 0.717) is 12.1 Å². The molecule has 1 heterocycles. The van der Waals surface area contributed by atoms with E-state index in [0.717, 1.165) is 16.9 Å². The number of anilines is 1. The second-order valence-electron chi connectivity index (χ2n) is 4.31. The van der Waals surface area contributed by atoms with Gasteiger partial charge in [0.2, 0.25) is 0 Å². The average molecular weight is 259 g/mol. The second kappa shape index (κ2) is 5.51. The largest absolute Gasteiger partial charge is 0.379 e. The predicted octanol–water partition coefficient (Wildman–Crippen LogP) is 1.10. The lowest BCUT2D eigenvalue weighted by molar-refractivity contribution is 0.0963. The molecule has 0 spiro atoms. The fourth-order valence-electron chi connectivity index (χ4n) is 1.75. The molecule has 0 saturated heterocycles. The maximum absolute atomic E-state index is 11.6. The van der Waals surface area contributed by atoms with Crippen molar-refractivity contribution < 1.29 is 4.79 Å². The summed E-state index contributed by atoms with van der Waals surface area (Å²) in [6.07, 6.45) is 1.71. The highest BCUT2D eigenvalue weighted by Crippen LogP contribution is 2.17. The summed E-state index contributed by atoms with van der Waals surface area (Å²) in [4.78, 5) is 11.6. The van der Waals surface area contributed by atoms with Crippen molar-refractivity contribution in [1.29, 1.82) is 0 Å². The summed E-state index contributed by atoms with van der Waals surface area (Å²) >= 11 is 0. The first-order chi connectivity index (χ1) is 9.11. The van der Waals surface area contributed by atoms with Gasteiger partial charge in [-0.1, -0.05) is 11.3 Å². The van der Waals surface area contributed by atoms with Crippen LogP contribution >= 0.6 is 0 Å². The van der Waals surface area contributed by atoms with Gasteiger partial charge in [0.05, 0.1) is 18.4 Å². The summed E-state index contributed by atoms with van der Waals surface area (Å²) in [6, 6.07) is 5.58. The topological polar surface area (TPSA) is 71.8 Å². The molecule has 0 aliphatic carbocycles. The van der Waals surface area contributed by atoms with Crippen LogP contribution in [0.3, 0.4) is 0 Å². The first kappa shape index (κ1) is 13.1. The average Bonchev–Trinajstić information content (AvgIpc) is 2.82. The molecule has 2 N–H and O–H groups in total. The zero-order valence-corrected chi connectivity index (χ0v) is 11.3. The molecule has 0 saturated carbocycles. The van der Waals surface area contributed by atoms with E-state index >= 15 is 0 Å². The molecule has 0 radical (unpaired) electrons. The van der Waals surface area contributed by atoms with E-state index in [4.69, 9.17) is 0 Å². The molecule has 1 aromatic heterocycles. The molecule has 2 aromatic rings. The zero-order chi connectivity index (χ0) is 13.8. The lowest BCUT2D eigenvalue weighted by Gasteiger charge is -2.11.